The number of carbonyl (C=O) groups excluding carboxylic acids is 1. The van der Waals surface area contributed by atoms with Crippen molar-refractivity contribution in [2.75, 3.05) is 4.31 Å². The molecule has 1 amide bonds. The molecular weight excluding hydrogens is 370 g/mol. The largest absolute Gasteiger partial charge is 0.272 e. The van der Waals surface area contributed by atoms with Crippen LogP contribution in [0.1, 0.15) is 15.9 Å². The zero-order chi connectivity index (χ0) is 18.7. The third-order valence-corrected chi connectivity index (χ3v) is 5.77. The van der Waals surface area contributed by atoms with Crippen molar-refractivity contribution in [3.63, 3.8) is 0 Å². The molecule has 0 saturated heterocycles. The van der Waals surface area contributed by atoms with Gasteiger partial charge in [0, 0.05) is 10.6 Å². The van der Waals surface area contributed by atoms with Crippen LogP contribution in [-0.2, 0) is 10.0 Å². The van der Waals surface area contributed by atoms with Gasteiger partial charge in [0.2, 0.25) is 0 Å². The third-order valence-electron chi connectivity index (χ3n) is 3.81. The van der Waals surface area contributed by atoms with E-state index in [9.17, 15) is 13.2 Å². The molecule has 3 aromatic rings. The Kier molecular flexibility index (Phi) is 5.11. The summed E-state index contributed by atoms with van der Waals surface area (Å²) in [5.74, 6) is -0.645. The highest BCUT2D eigenvalue weighted by Gasteiger charge is 2.31. The molecule has 0 saturated carbocycles. The molecule has 0 radical (unpaired) electrons. The van der Waals surface area contributed by atoms with Crippen LogP contribution in [0, 0.1) is 6.92 Å². The van der Waals surface area contributed by atoms with Gasteiger partial charge in [0.1, 0.15) is 0 Å². The molecule has 3 aromatic carbocycles. The number of carbonyl (C=O) groups is 1. The fourth-order valence-electron chi connectivity index (χ4n) is 2.48. The number of hydrogen-bond donors (Lipinski definition) is 0. The van der Waals surface area contributed by atoms with E-state index in [4.69, 9.17) is 11.6 Å². The molecule has 0 bridgehead atoms. The van der Waals surface area contributed by atoms with Crippen LogP contribution in [0.5, 0.6) is 0 Å². The fourth-order valence-corrected chi connectivity index (χ4v) is 4.07. The monoisotopic (exact) mass is 385 g/mol. The highest BCUT2D eigenvalue weighted by Crippen LogP contribution is 2.28. The first-order valence-corrected chi connectivity index (χ1v) is 9.68. The molecule has 0 aromatic heterocycles. The van der Waals surface area contributed by atoms with Gasteiger partial charge in [0.25, 0.3) is 15.9 Å². The standard InChI is InChI=1S/C20H16ClNO3S/c1-15-10-12-19(13-11-15)26(24,25)22(18-9-5-8-17(21)14-18)20(23)16-6-3-2-4-7-16/h2-14H,1H3. The molecule has 6 heteroatoms. The smallest absolute Gasteiger partial charge is 0.268 e. The molecule has 0 atom stereocenters. The fraction of sp³-hybridized carbons (Fsp3) is 0.0500. The van der Waals surface area contributed by atoms with Crippen molar-refractivity contribution in [1.82, 2.24) is 0 Å². The topological polar surface area (TPSA) is 54.5 Å². The summed E-state index contributed by atoms with van der Waals surface area (Å²) in [6.07, 6.45) is 0. The van der Waals surface area contributed by atoms with Gasteiger partial charge in [-0.2, -0.15) is 4.31 Å². The SMILES string of the molecule is Cc1ccc(S(=O)(=O)N(C(=O)c2ccccc2)c2cccc(Cl)c2)cc1. The third kappa shape index (κ3) is 3.64. The van der Waals surface area contributed by atoms with Crippen LogP contribution in [0.25, 0.3) is 0 Å². The second-order valence-corrected chi connectivity index (χ2v) is 7.96. The number of hydrogen-bond acceptors (Lipinski definition) is 3. The van der Waals surface area contributed by atoms with E-state index < -0.39 is 15.9 Å². The Labute approximate surface area is 157 Å². The average molecular weight is 386 g/mol. The maximum absolute atomic E-state index is 13.2. The van der Waals surface area contributed by atoms with Gasteiger partial charge in [-0.1, -0.05) is 53.6 Å². The number of halogens is 1. The van der Waals surface area contributed by atoms with Gasteiger partial charge >= 0.3 is 0 Å². The number of amides is 1. The molecule has 0 aliphatic carbocycles. The van der Waals surface area contributed by atoms with Gasteiger partial charge < -0.3 is 0 Å². The molecule has 0 fully saturated rings. The number of rotatable bonds is 4. The molecule has 0 aliphatic rings. The summed E-state index contributed by atoms with van der Waals surface area (Å²) in [4.78, 5) is 13.1. The zero-order valence-electron chi connectivity index (χ0n) is 14.0. The lowest BCUT2D eigenvalue weighted by Crippen LogP contribution is -2.37. The van der Waals surface area contributed by atoms with Crippen molar-refractivity contribution in [2.24, 2.45) is 0 Å². The summed E-state index contributed by atoms with van der Waals surface area (Å²) >= 11 is 6.02. The molecule has 3 rings (SSSR count). The highest BCUT2D eigenvalue weighted by atomic mass is 35.5. The van der Waals surface area contributed by atoms with Crippen molar-refractivity contribution in [3.8, 4) is 0 Å². The minimum absolute atomic E-state index is 0.0346. The number of benzene rings is 3. The molecule has 0 N–H and O–H groups in total. The normalized spacial score (nSPS) is 11.2. The van der Waals surface area contributed by atoms with E-state index in [0.717, 1.165) is 9.87 Å². The second-order valence-electron chi connectivity index (χ2n) is 5.73. The minimum atomic E-state index is -4.11. The lowest BCUT2D eigenvalue weighted by molar-refractivity contribution is 0.101. The van der Waals surface area contributed by atoms with Gasteiger partial charge in [0.05, 0.1) is 10.6 Å². The predicted octanol–water partition coefficient (Wildman–Crippen LogP) is 4.68. The van der Waals surface area contributed by atoms with Crippen LogP contribution >= 0.6 is 11.6 Å². The molecular formula is C20H16ClNO3S. The van der Waals surface area contributed by atoms with E-state index in [-0.39, 0.29) is 16.1 Å². The minimum Gasteiger partial charge on any atom is -0.268 e. The van der Waals surface area contributed by atoms with Crippen molar-refractivity contribution in [1.29, 1.82) is 0 Å². The first-order chi connectivity index (χ1) is 12.4. The van der Waals surface area contributed by atoms with Crippen molar-refractivity contribution in [2.45, 2.75) is 11.8 Å². The van der Waals surface area contributed by atoms with Crippen LogP contribution in [0.2, 0.25) is 5.02 Å². The summed E-state index contributed by atoms with van der Waals surface area (Å²) in [5.41, 5.74) is 1.38. The van der Waals surface area contributed by atoms with Crippen LogP contribution < -0.4 is 4.31 Å². The first kappa shape index (κ1) is 18.2. The van der Waals surface area contributed by atoms with Gasteiger partial charge in [-0.3, -0.25) is 4.79 Å². The Morgan fingerprint density at radius 1 is 0.885 bits per heavy atom. The summed E-state index contributed by atoms with van der Waals surface area (Å²) in [6.45, 7) is 1.86. The molecule has 132 valence electrons. The van der Waals surface area contributed by atoms with E-state index in [1.807, 2.05) is 6.92 Å². The second kappa shape index (κ2) is 7.32. The molecule has 0 heterocycles. The summed E-state index contributed by atoms with van der Waals surface area (Å²) in [7, 11) is -4.11. The van der Waals surface area contributed by atoms with E-state index in [1.54, 1.807) is 60.7 Å². The Bertz CT molecular complexity index is 1030. The quantitative estimate of drug-likeness (QED) is 0.655. The van der Waals surface area contributed by atoms with Crippen LogP contribution in [0.4, 0.5) is 5.69 Å². The highest BCUT2D eigenvalue weighted by molar-refractivity contribution is 7.93. The van der Waals surface area contributed by atoms with E-state index in [2.05, 4.69) is 0 Å². The van der Waals surface area contributed by atoms with Crippen molar-refractivity contribution >= 4 is 33.2 Å². The molecule has 0 unspecified atom stereocenters. The maximum Gasteiger partial charge on any atom is 0.272 e. The van der Waals surface area contributed by atoms with Gasteiger partial charge in [-0.25, -0.2) is 8.42 Å². The average Bonchev–Trinajstić information content (AvgIpc) is 2.63. The van der Waals surface area contributed by atoms with Gasteiger partial charge in [-0.15, -0.1) is 0 Å². The number of aryl methyl sites for hydroxylation is 1. The number of sulfonamides is 1. The van der Waals surface area contributed by atoms with E-state index in [1.165, 1.54) is 18.2 Å². The summed E-state index contributed by atoms with van der Waals surface area (Å²) in [6, 6.07) is 20.8. The number of anilines is 1. The Morgan fingerprint density at radius 3 is 2.15 bits per heavy atom. The summed E-state index contributed by atoms with van der Waals surface area (Å²) < 4.78 is 27.3. The van der Waals surface area contributed by atoms with Crippen LogP contribution in [0.3, 0.4) is 0 Å². The predicted molar refractivity (Wildman–Crippen MR) is 103 cm³/mol. The van der Waals surface area contributed by atoms with Crippen molar-refractivity contribution < 1.29 is 13.2 Å². The van der Waals surface area contributed by atoms with E-state index in [0.29, 0.717) is 5.02 Å². The Morgan fingerprint density at radius 2 is 1.54 bits per heavy atom. The van der Waals surface area contributed by atoms with Gasteiger partial charge in [-0.05, 0) is 49.4 Å². The summed E-state index contributed by atoms with van der Waals surface area (Å²) in [5, 5.41) is 0.340. The zero-order valence-corrected chi connectivity index (χ0v) is 15.5. The molecule has 26 heavy (non-hydrogen) atoms. The lowest BCUT2D eigenvalue weighted by Gasteiger charge is -2.23. The first-order valence-electron chi connectivity index (χ1n) is 7.86. The molecule has 4 nitrogen and oxygen atoms in total. The van der Waals surface area contributed by atoms with Crippen LogP contribution in [-0.4, -0.2) is 14.3 Å². The van der Waals surface area contributed by atoms with Gasteiger partial charge in [0.15, 0.2) is 0 Å². The molecule has 0 aliphatic heterocycles. The van der Waals surface area contributed by atoms with Crippen LogP contribution in [0.15, 0.2) is 83.8 Å². The van der Waals surface area contributed by atoms with E-state index >= 15 is 0 Å². The lowest BCUT2D eigenvalue weighted by atomic mass is 10.2. The van der Waals surface area contributed by atoms with Crippen molar-refractivity contribution in [3.05, 3.63) is 95.0 Å². The Balaban J connectivity index is 2.17. The molecule has 0 spiro atoms. The maximum atomic E-state index is 13.2. The Hall–Kier alpha value is -2.63. The number of nitrogens with zero attached hydrogens (tertiary/aromatic N) is 1.